The van der Waals surface area contributed by atoms with E-state index in [0.29, 0.717) is 6.61 Å². The van der Waals surface area contributed by atoms with Crippen molar-refractivity contribution in [2.24, 2.45) is 5.92 Å². The van der Waals surface area contributed by atoms with Gasteiger partial charge in [-0.05, 0) is 18.1 Å². The Hall–Kier alpha value is -0.153. The van der Waals surface area contributed by atoms with Crippen LogP contribution in [0.15, 0.2) is 0 Å². The maximum Gasteiger partial charge on any atom is 0.192 e. The summed E-state index contributed by atoms with van der Waals surface area (Å²) in [5.74, 6) is 0.0523. The fraction of sp³-hybridized carbons (Fsp3) is 0.900. The zero-order valence-corrected chi connectivity index (χ0v) is 10.3. The van der Waals surface area contributed by atoms with Crippen LogP contribution in [0, 0.1) is 5.92 Å². The van der Waals surface area contributed by atoms with Gasteiger partial charge in [-0.15, -0.1) is 0 Å². The van der Waals surface area contributed by atoms with E-state index in [0.717, 1.165) is 24.4 Å². The fourth-order valence-corrected chi connectivity index (χ4v) is 4.13. The van der Waals surface area contributed by atoms with Crippen LogP contribution in [0.4, 0.5) is 0 Å². The minimum atomic E-state index is -1.46. The number of carbonyl (C=O) groups excluding carboxylic acids is 1. The molecular formula is C10H22O2Si. The van der Waals surface area contributed by atoms with Gasteiger partial charge in [-0.25, -0.2) is 0 Å². The summed E-state index contributed by atoms with van der Waals surface area (Å²) in [4.78, 5) is 10.4. The van der Waals surface area contributed by atoms with Crippen LogP contribution in [-0.4, -0.2) is 21.2 Å². The van der Waals surface area contributed by atoms with E-state index in [1.165, 1.54) is 0 Å². The Labute approximate surface area is 82.8 Å². The smallest absolute Gasteiger partial charge is 0.192 e. The second-order valence-corrected chi connectivity index (χ2v) is 8.44. The highest BCUT2D eigenvalue weighted by molar-refractivity contribution is 6.73. The topological polar surface area (TPSA) is 26.3 Å². The second kappa shape index (κ2) is 6.32. The van der Waals surface area contributed by atoms with E-state index in [9.17, 15) is 4.79 Å². The maximum atomic E-state index is 10.4. The van der Waals surface area contributed by atoms with Gasteiger partial charge in [-0.2, -0.15) is 0 Å². The van der Waals surface area contributed by atoms with Crippen molar-refractivity contribution >= 4 is 14.6 Å². The average molecular weight is 202 g/mol. The van der Waals surface area contributed by atoms with Gasteiger partial charge in [0.1, 0.15) is 6.29 Å². The van der Waals surface area contributed by atoms with Crippen molar-refractivity contribution in [3.8, 4) is 0 Å². The van der Waals surface area contributed by atoms with E-state index in [4.69, 9.17) is 4.43 Å². The lowest BCUT2D eigenvalue weighted by atomic mass is 10.2. The van der Waals surface area contributed by atoms with Crippen molar-refractivity contribution in [2.75, 3.05) is 6.61 Å². The summed E-state index contributed by atoms with van der Waals surface area (Å²) in [5, 5.41) is 0. The third-order valence-corrected chi connectivity index (χ3v) is 7.46. The normalized spacial score (nSPS) is 14.2. The standard InChI is InChI=1S/C10H22O2Si/c1-5-13(6-2,7-3)12-9-10(4)8-11/h8,10H,5-7,9H2,1-4H3/t10-/m0/s1. The first-order valence-corrected chi connectivity index (χ1v) is 7.76. The molecule has 78 valence electrons. The molecule has 0 aliphatic carbocycles. The maximum absolute atomic E-state index is 10.4. The molecule has 0 saturated heterocycles. The summed E-state index contributed by atoms with van der Waals surface area (Å²) in [6.45, 7) is 9.12. The lowest BCUT2D eigenvalue weighted by Gasteiger charge is -2.28. The number of rotatable bonds is 7. The molecule has 0 aliphatic heterocycles. The van der Waals surface area contributed by atoms with E-state index >= 15 is 0 Å². The molecule has 0 aromatic carbocycles. The van der Waals surface area contributed by atoms with Gasteiger partial charge in [0.15, 0.2) is 8.32 Å². The Morgan fingerprint density at radius 3 is 2.00 bits per heavy atom. The molecule has 0 bridgehead atoms. The van der Waals surface area contributed by atoms with Crippen LogP contribution in [0.2, 0.25) is 18.1 Å². The molecule has 0 saturated carbocycles. The number of aldehydes is 1. The van der Waals surface area contributed by atoms with E-state index in [1.54, 1.807) is 0 Å². The van der Waals surface area contributed by atoms with Crippen LogP contribution in [0.3, 0.4) is 0 Å². The molecular weight excluding hydrogens is 180 g/mol. The van der Waals surface area contributed by atoms with Crippen molar-refractivity contribution in [3.05, 3.63) is 0 Å². The molecule has 0 rings (SSSR count). The van der Waals surface area contributed by atoms with Gasteiger partial charge in [0.2, 0.25) is 0 Å². The molecule has 0 aromatic heterocycles. The summed E-state index contributed by atoms with van der Waals surface area (Å²) < 4.78 is 5.94. The predicted octanol–water partition coefficient (Wildman–Crippen LogP) is 2.84. The highest BCUT2D eigenvalue weighted by Gasteiger charge is 2.28. The van der Waals surface area contributed by atoms with Gasteiger partial charge in [-0.3, -0.25) is 0 Å². The van der Waals surface area contributed by atoms with E-state index in [-0.39, 0.29) is 5.92 Å². The molecule has 2 nitrogen and oxygen atoms in total. The summed E-state index contributed by atoms with van der Waals surface area (Å²) in [6, 6.07) is 3.47. The van der Waals surface area contributed by atoms with Crippen molar-refractivity contribution in [2.45, 2.75) is 45.8 Å². The number of carbonyl (C=O) groups is 1. The Morgan fingerprint density at radius 1 is 1.23 bits per heavy atom. The first-order valence-electron chi connectivity index (χ1n) is 5.23. The van der Waals surface area contributed by atoms with Crippen molar-refractivity contribution < 1.29 is 9.22 Å². The molecule has 13 heavy (non-hydrogen) atoms. The van der Waals surface area contributed by atoms with E-state index in [2.05, 4.69) is 20.8 Å². The molecule has 0 spiro atoms. The summed E-state index contributed by atoms with van der Waals surface area (Å²) in [5.41, 5.74) is 0. The zero-order valence-electron chi connectivity index (χ0n) is 9.30. The van der Waals surface area contributed by atoms with Crippen molar-refractivity contribution in [1.82, 2.24) is 0 Å². The van der Waals surface area contributed by atoms with Gasteiger partial charge in [0.25, 0.3) is 0 Å². The predicted molar refractivity (Wildman–Crippen MR) is 58.4 cm³/mol. The van der Waals surface area contributed by atoms with Crippen LogP contribution in [0.1, 0.15) is 27.7 Å². The van der Waals surface area contributed by atoms with Gasteiger partial charge < -0.3 is 9.22 Å². The van der Waals surface area contributed by atoms with Gasteiger partial charge >= 0.3 is 0 Å². The highest BCUT2D eigenvalue weighted by atomic mass is 28.4. The monoisotopic (exact) mass is 202 g/mol. The molecule has 0 heterocycles. The first-order chi connectivity index (χ1) is 6.14. The summed E-state index contributed by atoms with van der Waals surface area (Å²) in [6.07, 6.45) is 0.972. The number of hydrogen-bond acceptors (Lipinski definition) is 2. The van der Waals surface area contributed by atoms with Crippen LogP contribution in [-0.2, 0) is 9.22 Å². The van der Waals surface area contributed by atoms with Gasteiger partial charge in [0, 0.05) is 12.5 Å². The fourth-order valence-electron chi connectivity index (χ4n) is 1.40. The Balaban J connectivity index is 4.02. The molecule has 0 unspecified atom stereocenters. The minimum absolute atomic E-state index is 0.0523. The third kappa shape index (κ3) is 4.05. The van der Waals surface area contributed by atoms with Gasteiger partial charge in [0.05, 0.1) is 0 Å². The Morgan fingerprint density at radius 2 is 1.69 bits per heavy atom. The van der Waals surface area contributed by atoms with Crippen LogP contribution < -0.4 is 0 Å². The van der Waals surface area contributed by atoms with Crippen LogP contribution in [0.5, 0.6) is 0 Å². The molecule has 1 atom stereocenters. The quantitative estimate of drug-likeness (QED) is 0.469. The van der Waals surface area contributed by atoms with Crippen LogP contribution >= 0.6 is 0 Å². The minimum Gasteiger partial charge on any atom is -0.416 e. The van der Waals surface area contributed by atoms with E-state index in [1.807, 2.05) is 6.92 Å². The third-order valence-electron chi connectivity index (χ3n) is 2.82. The Kier molecular flexibility index (Phi) is 6.25. The summed E-state index contributed by atoms with van der Waals surface area (Å²) >= 11 is 0. The van der Waals surface area contributed by atoms with E-state index < -0.39 is 8.32 Å². The Bertz CT molecular complexity index is 136. The average Bonchev–Trinajstić information content (AvgIpc) is 2.20. The molecule has 0 fully saturated rings. The van der Waals surface area contributed by atoms with Crippen LogP contribution in [0.25, 0.3) is 0 Å². The molecule has 0 N–H and O–H groups in total. The molecule has 0 amide bonds. The lowest BCUT2D eigenvalue weighted by molar-refractivity contribution is -0.111. The lowest BCUT2D eigenvalue weighted by Crippen LogP contribution is -2.37. The second-order valence-electron chi connectivity index (χ2n) is 3.67. The number of hydrogen-bond donors (Lipinski definition) is 0. The SMILES string of the molecule is CC[Si](CC)(CC)OC[C@@H](C)C=O. The molecule has 0 radical (unpaired) electrons. The largest absolute Gasteiger partial charge is 0.416 e. The van der Waals surface area contributed by atoms with Gasteiger partial charge in [-0.1, -0.05) is 27.7 Å². The summed E-state index contributed by atoms with van der Waals surface area (Å²) in [7, 11) is -1.46. The first kappa shape index (κ1) is 12.8. The molecule has 3 heteroatoms. The molecule has 0 aromatic rings. The highest BCUT2D eigenvalue weighted by Crippen LogP contribution is 2.21. The van der Waals surface area contributed by atoms with Crippen molar-refractivity contribution in [3.63, 3.8) is 0 Å². The molecule has 0 aliphatic rings. The zero-order chi connectivity index (χ0) is 10.3. The van der Waals surface area contributed by atoms with Crippen molar-refractivity contribution in [1.29, 1.82) is 0 Å².